The lowest BCUT2D eigenvalue weighted by Gasteiger charge is -2.37. The number of thioether (sulfide) groups is 1. The first-order valence-corrected chi connectivity index (χ1v) is 8.05. The molecule has 2 aliphatic heterocycles. The molecule has 0 aliphatic carbocycles. The highest BCUT2D eigenvalue weighted by molar-refractivity contribution is 7.99. The summed E-state index contributed by atoms with van der Waals surface area (Å²) in [6.45, 7) is 4.99. The van der Waals surface area contributed by atoms with Gasteiger partial charge >= 0.3 is 0 Å². The minimum Gasteiger partial charge on any atom is -0.378 e. The van der Waals surface area contributed by atoms with Crippen LogP contribution in [0.4, 0.5) is 0 Å². The van der Waals surface area contributed by atoms with Crippen molar-refractivity contribution >= 4 is 11.8 Å². The number of fused-ring (bicyclic) bond motifs is 1. The van der Waals surface area contributed by atoms with Crippen molar-refractivity contribution in [3.05, 3.63) is 29.8 Å². The van der Waals surface area contributed by atoms with Crippen LogP contribution in [0, 0.1) is 0 Å². The van der Waals surface area contributed by atoms with Gasteiger partial charge < -0.3 is 10.1 Å². The fourth-order valence-electron chi connectivity index (χ4n) is 3.02. The normalized spacial score (nSPS) is 27.4. The van der Waals surface area contributed by atoms with Gasteiger partial charge in [0.25, 0.3) is 0 Å². The minimum atomic E-state index is 0.525. The lowest BCUT2D eigenvalue weighted by Crippen LogP contribution is -2.51. The lowest BCUT2D eigenvalue weighted by molar-refractivity contribution is -0.00800. The van der Waals surface area contributed by atoms with Gasteiger partial charge in [-0.1, -0.05) is 18.2 Å². The number of likely N-dealkylation sites (N-methyl/N-ethyl adjacent to an activating group) is 1. The maximum Gasteiger partial charge on any atom is 0.0634 e. The van der Waals surface area contributed by atoms with Gasteiger partial charge in [-0.2, -0.15) is 0 Å². The Hall–Kier alpha value is -0.550. The number of nitrogens with zero attached hydrogens (tertiary/aromatic N) is 1. The summed E-state index contributed by atoms with van der Waals surface area (Å²) in [4.78, 5) is 4.08. The van der Waals surface area contributed by atoms with E-state index in [9.17, 15) is 0 Å². The van der Waals surface area contributed by atoms with Crippen LogP contribution in [0.25, 0.3) is 0 Å². The first-order chi connectivity index (χ1) is 9.38. The molecule has 0 saturated carbocycles. The van der Waals surface area contributed by atoms with Crippen LogP contribution in [-0.2, 0) is 4.74 Å². The van der Waals surface area contributed by atoms with Gasteiger partial charge in [0.2, 0.25) is 0 Å². The summed E-state index contributed by atoms with van der Waals surface area (Å²) in [5.74, 6) is 1.90. The molecule has 2 heterocycles. The predicted octanol–water partition coefficient (Wildman–Crippen LogP) is 1.80. The Bertz CT molecular complexity index is 424. The summed E-state index contributed by atoms with van der Waals surface area (Å²) < 4.78 is 5.61. The first-order valence-electron chi connectivity index (χ1n) is 7.06. The van der Waals surface area contributed by atoms with Gasteiger partial charge in [0, 0.05) is 42.2 Å². The molecule has 0 spiro atoms. The number of benzene rings is 1. The number of ether oxygens (including phenoxy) is 1. The highest BCUT2D eigenvalue weighted by Gasteiger charge is 2.29. The monoisotopic (exact) mass is 278 g/mol. The van der Waals surface area contributed by atoms with Gasteiger partial charge in [-0.15, -0.1) is 11.8 Å². The highest BCUT2D eigenvalue weighted by atomic mass is 32.2. The Morgan fingerprint density at radius 2 is 2.32 bits per heavy atom. The van der Waals surface area contributed by atoms with Gasteiger partial charge in [0.05, 0.1) is 13.2 Å². The number of hydrogen-bond donors (Lipinski definition) is 1. The summed E-state index contributed by atoms with van der Waals surface area (Å²) in [6.07, 6.45) is 0. The van der Waals surface area contributed by atoms with Crippen molar-refractivity contribution in [1.82, 2.24) is 10.2 Å². The maximum absolute atomic E-state index is 5.61. The van der Waals surface area contributed by atoms with E-state index in [2.05, 4.69) is 34.5 Å². The number of hydrogen-bond acceptors (Lipinski definition) is 4. The van der Waals surface area contributed by atoms with E-state index in [-0.39, 0.29) is 0 Å². The molecule has 2 aliphatic rings. The molecule has 0 radical (unpaired) electrons. The van der Waals surface area contributed by atoms with Crippen LogP contribution in [-0.4, -0.2) is 56.6 Å². The SMILES string of the molecule is CNCC1COCCN1CC1CSc2ccccc21. The summed E-state index contributed by atoms with van der Waals surface area (Å²) in [5, 5.41) is 3.28. The van der Waals surface area contributed by atoms with E-state index in [0.29, 0.717) is 12.0 Å². The van der Waals surface area contributed by atoms with Gasteiger partial charge in [0.1, 0.15) is 0 Å². The standard InChI is InChI=1S/C15H22N2OS/c1-16-8-13-10-18-7-6-17(13)9-12-11-19-15-5-3-2-4-14(12)15/h2-5,12-13,16H,6-11H2,1H3. The zero-order valence-electron chi connectivity index (χ0n) is 11.5. The summed E-state index contributed by atoms with van der Waals surface area (Å²) in [7, 11) is 2.02. The van der Waals surface area contributed by atoms with Crippen LogP contribution in [0.2, 0.25) is 0 Å². The molecule has 0 aromatic heterocycles. The molecule has 1 N–H and O–H groups in total. The van der Waals surface area contributed by atoms with Gasteiger partial charge in [-0.05, 0) is 18.7 Å². The van der Waals surface area contributed by atoms with Crippen molar-refractivity contribution in [2.24, 2.45) is 0 Å². The Labute approximate surface area is 119 Å². The third-order valence-corrected chi connectivity index (χ3v) is 5.29. The van der Waals surface area contributed by atoms with Gasteiger partial charge in [0.15, 0.2) is 0 Å². The second kappa shape index (κ2) is 6.27. The van der Waals surface area contributed by atoms with E-state index in [4.69, 9.17) is 4.74 Å². The first kappa shape index (κ1) is 13.4. The number of morpholine rings is 1. The van der Waals surface area contributed by atoms with Crippen LogP contribution in [0.1, 0.15) is 11.5 Å². The van der Waals surface area contributed by atoms with E-state index in [0.717, 1.165) is 26.3 Å². The summed E-state index contributed by atoms with van der Waals surface area (Å²) >= 11 is 2.01. The number of nitrogens with one attached hydrogen (secondary N) is 1. The van der Waals surface area contributed by atoms with Gasteiger partial charge in [-0.3, -0.25) is 4.90 Å². The zero-order chi connectivity index (χ0) is 13.1. The summed E-state index contributed by atoms with van der Waals surface area (Å²) in [6, 6.07) is 9.39. The Balaban J connectivity index is 1.67. The predicted molar refractivity (Wildman–Crippen MR) is 80.0 cm³/mol. The number of rotatable bonds is 4. The molecule has 2 atom stereocenters. The smallest absolute Gasteiger partial charge is 0.0634 e. The molecule has 1 aromatic rings. The average Bonchev–Trinajstić information content (AvgIpc) is 2.85. The molecule has 1 fully saturated rings. The molecule has 0 bridgehead atoms. The molecular weight excluding hydrogens is 256 g/mol. The van der Waals surface area contributed by atoms with E-state index >= 15 is 0 Å². The molecule has 4 heteroatoms. The van der Waals surface area contributed by atoms with E-state index in [1.165, 1.54) is 17.2 Å². The minimum absolute atomic E-state index is 0.525. The van der Waals surface area contributed by atoms with Crippen LogP contribution >= 0.6 is 11.8 Å². The molecular formula is C15H22N2OS. The van der Waals surface area contributed by atoms with E-state index in [1.807, 2.05) is 18.8 Å². The highest BCUT2D eigenvalue weighted by Crippen LogP contribution is 2.39. The van der Waals surface area contributed by atoms with Crippen molar-refractivity contribution < 1.29 is 4.74 Å². The largest absolute Gasteiger partial charge is 0.378 e. The van der Waals surface area contributed by atoms with Crippen LogP contribution < -0.4 is 5.32 Å². The van der Waals surface area contributed by atoms with E-state index in [1.54, 1.807) is 5.56 Å². The molecule has 0 amide bonds. The fourth-order valence-corrected chi connectivity index (χ4v) is 4.26. The molecule has 1 saturated heterocycles. The molecule has 3 nitrogen and oxygen atoms in total. The second-order valence-corrected chi connectivity index (χ2v) is 6.39. The van der Waals surface area contributed by atoms with Crippen molar-refractivity contribution in [2.75, 3.05) is 45.6 Å². The average molecular weight is 278 g/mol. The van der Waals surface area contributed by atoms with Crippen molar-refractivity contribution in [2.45, 2.75) is 16.9 Å². The topological polar surface area (TPSA) is 24.5 Å². The van der Waals surface area contributed by atoms with Crippen LogP contribution in [0.3, 0.4) is 0 Å². The fraction of sp³-hybridized carbons (Fsp3) is 0.600. The second-order valence-electron chi connectivity index (χ2n) is 5.33. The zero-order valence-corrected chi connectivity index (χ0v) is 12.3. The molecule has 3 rings (SSSR count). The van der Waals surface area contributed by atoms with Crippen LogP contribution in [0.5, 0.6) is 0 Å². The summed E-state index contributed by atoms with van der Waals surface area (Å²) in [5.41, 5.74) is 1.54. The van der Waals surface area contributed by atoms with Gasteiger partial charge in [-0.25, -0.2) is 0 Å². The van der Waals surface area contributed by atoms with Crippen molar-refractivity contribution in [3.8, 4) is 0 Å². The Kier molecular flexibility index (Phi) is 4.43. The molecule has 104 valence electrons. The third kappa shape index (κ3) is 2.97. The Morgan fingerprint density at radius 3 is 3.21 bits per heavy atom. The maximum atomic E-state index is 5.61. The lowest BCUT2D eigenvalue weighted by atomic mass is 10.00. The molecule has 19 heavy (non-hydrogen) atoms. The quantitative estimate of drug-likeness (QED) is 0.907. The van der Waals surface area contributed by atoms with E-state index < -0.39 is 0 Å². The third-order valence-electron chi connectivity index (χ3n) is 4.04. The molecule has 2 unspecified atom stereocenters. The van der Waals surface area contributed by atoms with Crippen molar-refractivity contribution in [3.63, 3.8) is 0 Å². The van der Waals surface area contributed by atoms with Crippen molar-refractivity contribution in [1.29, 1.82) is 0 Å². The Morgan fingerprint density at radius 1 is 1.42 bits per heavy atom. The van der Waals surface area contributed by atoms with Crippen LogP contribution in [0.15, 0.2) is 29.2 Å². The molecule has 1 aromatic carbocycles.